The van der Waals surface area contributed by atoms with Gasteiger partial charge in [0.05, 0.1) is 12.1 Å². The van der Waals surface area contributed by atoms with Crippen molar-refractivity contribution >= 4 is 35.3 Å². The zero-order chi connectivity index (χ0) is 36.8. The molecule has 1 aromatic heterocycles. The van der Waals surface area contributed by atoms with Gasteiger partial charge in [-0.05, 0) is 54.9 Å². The average molecular weight is 685 g/mol. The number of carbonyl (C=O) groups excluding carboxylic acids is 4. The molecule has 0 saturated carbocycles. The maximum atomic E-state index is 13.8. The maximum Gasteiger partial charge on any atom is 0.333 e. The minimum atomic E-state index is -2.36. The summed E-state index contributed by atoms with van der Waals surface area (Å²) < 4.78 is 5.41. The summed E-state index contributed by atoms with van der Waals surface area (Å²) >= 11 is 0. The average Bonchev–Trinajstić information content (AvgIpc) is 3.07. The Morgan fingerprint density at radius 3 is 2.04 bits per heavy atom. The van der Waals surface area contributed by atoms with Gasteiger partial charge in [-0.3, -0.25) is 24.1 Å². The molecular formula is C36H52N4O9. The van der Waals surface area contributed by atoms with Crippen LogP contribution in [-0.4, -0.2) is 87.7 Å². The van der Waals surface area contributed by atoms with Crippen LogP contribution in [0.4, 0.5) is 5.82 Å². The SMILES string of the molecule is CC[C@@H](C)[C@H](NC(=O)[C@@H](CC(O)[C@H](CC(C)C)NC(=O)C(C(=O)COc1ccccc1)C(O)C(=O)O)C(C)C)C(=O)N(C)c1ccccn1. The van der Waals surface area contributed by atoms with E-state index in [1.807, 2.05) is 27.7 Å². The third-order valence-electron chi connectivity index (χ3n) is 8.58. The Bertz CT molecular complexity index is 1370. The maximum absolute atomic E-state index is 13.8. The topological polar surface area (TPSA) is 195 Å². The van der Waals surface area contributed by atoms with Gasteiger partial charge in [0.25, 0.3) is 5.91 Å². The lowest BCUT2D eigenvalue weighted by atomic mass is 9.84. The molecule has 1 heterocycles. The van der Waals surface area contributed by atoms with E-state index in [9.17, 15) is 39.3 Å². The fraction of sp³-hybridized carbons (Fsp3) is 0.556. The van der Waals surface area contributed by atoms with Gasteiger partial charge in [0, 0.05) is 19.2 Å². The number of aliphatic hydroxyl groups excluding tert-OH is 2. The van der Waals surface area contributed by atoms with Crippen LogP contribution in [0.3, 0.4) is 0 Å². The molecule has 1 aromatic carbocycles. The molecule has 0 aliphatic carbocycles. The number of aromatic nitrogens is 1. The minimum Gasteiger partial charge on any atom is -0.486 e. The fourth-order valence-electron chi connectivity index (χ4n) is 5.39. The quantitative estimate of drug-likeness (QED) is 0.129. The molecule has 7 atom stereocenters. The van der Waals surface area contributed by atoms with Crippen LogP contribution in [-0.2, 0) is 24.0 Å². The first-order chi connectivity index (χ1) is 23.1. The highest BCUT2D eigenvalue weighted by Crippen LogP contribution is 2.24. The van der Waals surface area contributed by atoms with E-state index in [-0.39, 0.29) is 36.5 Å². The fourth-order valence-corrected chi connectivity index (χ4v) is 5.39. The molecule has 0 spiro atoms. The van der Waals surface area contributed by atoms with Crippen LogP contribution in [0.1, 0.15) is 60.8 Å². The van der Waals surface area contributed by atoms with Crippen molar-refractivity contribution in [3.8, 4) is 5.75 Å². The first-order valence-electron chi connectivity index (χ1n) is 16.7. The number of aliphatic carboxylic acids is 1. The van der Waals surface area contributed by atoms with E-state index in [2.05, 4.69) is 15.6 Å². The zero-order valence-electron chi connectivity index (χ0n) is 29.4. The molecule has 0 radical (unpaired) electrons. The summed E-state index contributed by atoms with van der Waals surface area (Å²) in [6, 6.07) is 11.5. The van der Waals surface area contributed by atoms with Crippen LogP contribution in [0, 0.1) is 29.6 Å². The van der Waals surface area contributed by atoms with Gasteiger partial charge < -0.3 is 30.7 Å². The number of carboxylic acids is 1. The van der Waals surface area contributed by atoms with Crippen molar-refractivity contribution in [2.24, 2.45) is 29.6 Å². The molecule has 0 aliphatic rings. The summed E-state index contributed by atoms with van der Waals surface area (Å²) in [5, 5.41) is 36.8. The lowest BCUT2D eigenvalue weighted by Gasteiger charge is -2.33. The molecule has 0 aliphatic heterocycles. The summed E-state index contributed by atoms with van der Waals surface area (Å²) in [6.45, 7) is 10.4. The Balaban J connectivity index is 2.27. The number of nitrogens with one attached hydrogen (secondary N) is 2. The molecule has 3 unspecified atom stereocenters. The Morgan fingerprint density at radius 1 is 0.878 bits per heavy atom. The normalized spacial score (nSPS) is 15.7. The largest absolute Gasteiger partial charge is 0.486 e. The van der Waals surface area contributed by atoms with Crippen molar-refractivity contribution in [1.82, 2.24) is 15.6 Å². The molecule has 13 nitrogen and oxygen atoms in total. The van der Waals surface area contributed by atoms with Gasteiger partial charge in [-0.25, -0.2) is 9.78 Å². The molecule has 5 N–H and O–H groups in total. The highest BCUT2D eigenvalue weighted by atomic mass is 16.5. The number of para-hydroxylation sites is 1. The number of aliphatic hydroxyl groups is 2. The number of nitrogens with zero attached hydrogens (tertiary/aromatic N) is 2. The number of anilines is 1. The van der Waals surface area contributed by atoms with E-state index in [4.69, 9.17) is 4.74 Å². The molecule has 2 aromatic rings. The van der Waals surface area contributed by atoms with Crippen molar-refractivity contribution in [3.05, 3.63) is 54.7 Å². The standard InChI is InChI=1S/C36H52N4O9/c1-8-23(6)31(35(46)40(7)29-16-12-13-17-37-29)39-33(44)25(22(4)5)19-27(41)26(18-21(2)3)38-34(45)30(32(43)36(47)48)28(42)20-49-24-14-10-9-11-15-24/h9-17,21-23,25-27,30-32,41,43H,8,18-20H2,1-7H3,(H,38,45)(H,39,44)(H,47,48)/t23-,25+,26+,27?,30?,31+,32?/m1/s1. The Labute approximate surface area is 288 Å². The van der Waals surface area contributed by atoms with Gasteiger partial charge in [-0.15, -0.1) is 0 Å². The van der Waals surface area contributed by atoms with Crippen molar-refractivity contribution in [2.75, 3.05) is 18.6 Å². The van der Waals surface area contributed by atoms with Crippen LogP contribution in [0.5, 0.6) is 5.75 Å². The molecule has 0 bridgehead atoms. The molecule has 3 amide bonds. The van der Waals surface area contributed by atoms with Gasteiger partial charge in [-0.2, -0.15) is 0 Å². The lowest BCUT2D eigenvalue weighted by Crippen LogP contribution is -2.55. The van der Waals surface area contributed by atoms with E-state index >= 15 is 0 Å². The summed E-state index contributed by atoms with van der Waals surface area (Å²) in [7, 11) is 1.59. The second-order valence-corrected chi connectivity index (χ2v) is 13.2. The van der Waals surface area contributed by atoms with E-state index < -0.39 is 66.3 Å². The Hall–Kier alpha value is -4.36. The number of likely N-dealkylation sites (N-methyl/N-ethyl adjacent to an activating group) is 1. The number of pyridine rings is 1. The van der Waals surface area contributed by atoms with E-state index in [0.29, 0.717) is 18.0 Å². The van der Waals surface area contributed by atoms with Crippen LogP contribution in [0.2, 0.25) is 0 Å². The van der Waals surface area contributed by atoms with Gasteiger partial charge in [0.1, 0.15) is 30.1 Å². The van der Waals surface area contributed by atoms with Crippen molar-refractivity contribution in [1.29, 1.82) is 0 Å². The molecular weight excluding hydrogens is 632 g/mol. The highest BCUT2D eigenvalue weighted by Gasteiger charge is 2.41. The first-order valence-corrected chi connectivity index (χ1v) is 16.7. The Morgan fingerprint density at radius 2 is 1.51 bits per heavy atom. The molecule has 270 valence electrons. The van der Waals surface area contributed by atoms with Gasteiger partial charge in [0.2, 0.25) is 11.8 Å². The van der Waals surface area contributed by atoms with E-state index in [0.717, 1.165) is 0 Å². The molecule has 13 heteroatoms. The molecule has 0 saturated heterocycles. The lowest BCUT2D eigenvalue weighted by molar-refractivity contribution is -0.158. The third kappa shape index (κ3) is 12.2. The van der Waals surface area contributed by atoms with Crippen molar-refractivity contribution in [3.63, 3.8) is 0 Å². The molecule has 2 rings (SSSR count). The smallest absolute Gasteiger partial charge is 0.333 e. The predicted molar refractivity (Wildman–Crippen MR) is 183 cm³/mol. The third-order valence-corrected chi connectivity index (χ3v) is 8.58. The summed E-state index contributed by atoms with van der Waals surface area (Å²) in [5.41, 5.74) is 0. The number of amides is 3. The van der Waals surface area contributed by atoms with Crippen molar-refractivity contribution < 1.29 is 44.0 Å². The first kappa shape index (κ1) is 40.8. The molecule has 49 heavy (non-hydrogen) atoms. The van der Waals surface area contributed by atoms with Crippen molar-refractivity contribution in [2.45, 2.75) is 85.1 Å². The number of Topliss-reactive ketones (excluding diaryl/α,β-unsaturated/α-hetero) is 1. The van der Waals surface area contributed by atoms with Gasteiger partial charge in [0.15, 0.2) is 11.9 Å². The van der Waals surface area contributed by atoms with Crippen LogP contribution in [0.15, 0.2) is 54.7 Å². The number of hydrogen-bond donors (Lipinski definition) is 5. The number of carboxylic acid groups (broad SMARTS) is 1. The molecule has 0 fully saturated rings. The minimum absolute atomic E-state index is 0.0687. The van der Waals surface area contributed by atoms with Gasteiger partial charge >= 0.3 is 5.97 Å². The van der Waals surface area contributed by atoms with Gasteiger partial charge in [-0.1, -0.05) is 72.2 Å². The summed E-state index contributed by atoms with van der Waals surface area (Å²) in [5.74, 6) is -7.29. The number of rotatable bonds is 20. The van der Waals surface area contributed by atoms with Crippen LogP contribution in [0.25, 0.3) is 0 Å². The van der Waals surface area contributed by atoms with E-state index in [1.54, 1.807) is 75.6 Å². The Kier molecular flexibility index (Phi) is 16.3. The second-order valence-electron chi connectivity index (χ2n) is 13.2. The highest BCUT2D eigenvalue weighted by molar-refractivity contribution is 6.06. The number of ether oxygens (including phenoxy) is 1. The summed E-state index contributed by atoms with van der Waals surface area (Å²) in [4.78, 5) is 71.2. The predicted octanol–water partition coefficient (Wildman–Crippen LogP) is 2.84. The van der Waals surface area contributed by atoms with Crippen LogP contribution >= 0.6 is 0 Å². The summed E-state index contributed by atoms with van der Waals surface area (Å²) in [6.07, 6.45) is -1.41. The number of benzene rings is 1. The number of carbonyl (C=O) groups is 5. The number of ketones is 1. The monoisotopic (exact) mass is 684 g/mol. The number of hydrogen-bond acceptors (Lipinski definition) is 9. The second kappa shape index (κ2) is 19.6. The zero-order valence-corrected chi connectivity index (χ0v) is 29.4. The van der Waals surface area contributed by atoms with Crippen LogP contribution < -0.4 is 20.3 Å². The van der Waals surface area contributed by atoms with E-state index in [1.165, 1.54) is 4.90 Å².